The van der Waals surface area contributed by atoms with Crippen molar-refractivity contribution < 1.29 is 22.7 Å². The third-order valence-electron chi connectivity index (χ3n) is 4.22. The highest BCUT2D eigenvalue weighted by Gasteiger charge is 2.20. The number of hydrogen-bond donors (Lipinski definition) is 2. The number of nitrogens with one attached hydrogen (secondary N) is 2. The number of benzene rings is 1. The van der Waals surface area contributed by atoms with E-state index < -0.39 is 10.0 Å². The fourth-order valence-corrected chi connectivity index (χ4v) is 4.11. The average Bonchev–Trinajstić information content (AvgIpc) is 2.61. The molecule has 1 aliphatic carbocycles. The molecule has 1 amide bonds. The molecule has 0 aromatic heterocycles. The van der Waals surface area contributed by atoms with Crippen LogP contribution in [0.3, 0.4) is 0 Å². The van der Waals surface area contributed by atoms with E-state index >= 15 is 0 Å². The number of hydrogen-bond acceptors (Lipinski definition) is 5. The molecule has 7 nitrogen and oxygen atoms in total. The second kappa shape index (κ2) is 9.05. The van der Waals surface area contributed by atoms with Crippen molar-refractivity contribution in [2.75, 3.05) is 26.5 Å². The second-order valence-electron chi connectivity index (χ2n) is 6.13. The van der Waals surface area contributed by atoms with Crippen LogP contribution >= 0.6 is 0 Å². The summed E-state index contributed by atoms with van der Waals surface area (Å²) in [5.41, 5.74) is 0.355. The van der Waals surface area contributed by atoms with Crippen molar-refractivity contribution in [2.45, 2.75) is 38.1 Å². The first-order valence-corrected chi connectivity index (χ1v) is 10.1. The topological polar surface area (TPSA) is 93.7 Å². The van der Waals surface area contributed by atoms with E-state index in [4.69, 9.17) is 9.47 Å². The van der Waals surface area contributed by atoms with Gasteiger partial charge in [-0.05, 0) is 25.0 Å². The maximum atomic E-state index is 12.2. The van der Waals surface area contributed by atoms with E-state index in [1.807, 2.05) is 0 Å². The van der Waals surface area contributed by atoms with Gasteiger partial charge in [0.2, 0.25) is 10.0 Å². The first-order chi connectivity index (χ1) is 11.9. The fraction of sp³-hybridized carbons (Fsp3) is 0.588. The Labute approximate surface area is 149 Å². The van der Waals surface area contributed by atoms with Crippen LogP contribution in [0, 0.1) is 0 Å². The van der Waals surface area contributed by atoms with Gasteiger partial charge in [-0.2, -0.15) is 0 Å². The van der Waals surface area contributed by atoms with Crippen LogP contribution in [0.2, 0.25) is 0 Å². The van der Waals surface area contributed by atoms with E-state index in [1.165, 1.54) is 14.2 Å². The Kier molecular flexibility index (Phi) is 7.07. The van der Waals surface area contributed by atoms with Gasteiger partial charge in [0.15, 0.2) is 0 Å². The third-order valence-corrected chi connectivity index (χ3v) is 5.66. The molecule has 0 bridgehead atoms. The summed E-state index contributed by atoms with van der Waals surface area (Å²) in [6, 6.07) is 4.84. The zero-order valence-corrected chi connectivity index (χ0v) is 15.5. The predicted molar refractivity (Wildman–Crippen MR) is 95.7 cm³/mol. The third kappa shape index (κ3) is 6.21. The van der Waals surface area contributed by atoms with Crippen LogP contribution in [0.1, 0.15) is 42.5 Å². The molecule has 0 atom stereocenters. The second-order valence-corrected chi connectivity index (χ2v) is 8.00. The molecule has 1 aromatic carbocycles. The predicted octanol–water partition coefficient (Wildman–Crippen LogP) is 1.69. The Bertz CT molecular complexity index is 662. The van der Waals surface area contributed by atoms with E-state index in [1.54, 1.807) is 18.2 Å². The minimum atomic E-state index is -3.40. The molecule has 1 fully saturated rings. The van der Waals surface area contributed by atoms with Gasteiger partial charge in [0.1, 0.15) is 11.5 Å². The Morgan fingerprint density at radius 1 is 1.08 bits per heavy atom. The normalized spacial score (nSPS) is 15.6. The van der Waals surface area contributed by atoms with Crippen molar-refractivity contribution in [3.05, 3.63) is 23.8 Å². The molecule has 140 valence electrons. The molecule has 8 heteroatoms. The molecule has 1 aliphatic rings. The summed E-state index contributed by atoms with van der Waals surface area (Å²) in [5, 5.41) is 2.63. The standard InChI is InChI=1S/C17H26N2O5S/c1-23-15-10-13(11-16(12-15)24-2)17(20)18-8-9-25(21,22)19-14-6-4-3-5-7-14/h10-12,14,19H,3-9H2,1-2H3,(H,18,20). The average molecular weight is 370 g/mol. The summed E-state index contributed by atoms with van der Waals surface area (Å²) in [4.78, 5) is 12.2. The zero-order chi connectivity index (χ0) is 18.3. The minimum absolute atomic E-state index is 0.0251. The molecule has 1 aromatic rings. The molecule has 0 saturated heterocycles. The number of ether oxygens (including phenoxy) is 2. The summed E-state index contributed by atoms with van der Waals surface area (Å²) < 4.78 is 37.2. The minimum Gasteiger partial charge on any atom is -0.497 e. The molecule has 2 rings (SSSR count). The van der Waals surface area contributed by atoms with Crippen LogP contribution < -0.4 is 19.5 Å². The van der Waals surface area contributed by atoms with Crippen molar-refractivity contribution >= 4 is 15.9 Å². The highest BCUT2D eigenvalue weighted by Crippen LogP contribution is 2.22. The molecule has 0 radical (unpaired) electrons. The summed E-state index contributed by atoms with van der Waals surface area (Å²) in [5.74, 6) is 0.480. The van der Waals surface area contributed by atoms with Crippen LogP contribution in [0.15, 0.2) is 18.2 Å². The first kappa shape index (κ1) is 19.5. The number of rotatable bonds is 8. The number of methoxy groups -OCH3 is 2. The summed E-state index contributed by atoms with van der Waals surface area (Å²) in [6.45, 7) is 0.0421. The number of carbonyl (C=O) groups is 1. The van der Waals surface area contributed by atoms with Crippen LogP contribution in [-0.4, -0.2) is 46.9 Å². The summed E-state index contributed by atoms with van der Waals surface area (Å²) >= 11 is 0. The lowest BCUT2D eigenvalue weighted by Crippen LogP contribution is -2.40. The zero-order valence-electron chi connectivity index (χ0n) is 14.7. The van der Waals surface area contributed by atoms with Crippen molar-refractivity contribution in [2.24, 2.45) is 0 Å². The molecule has 0 spiro atoms. The van der Waals surface area contributed by atoms with Gasteiger partial charge in [-0.3, -0.25) is 4.79 Å². The molecule has 0 heterocycles. The number of carbonyl (C=O) groups excluding carboxylic acids is 1. The highest BCUT2D eigenvalue weighted by atomic mass is 32.2. The Morgan fingerprint density at radius 3 is 2.24 bits per heavy atom. The van der Waals surface area contributed by atoms with Gasteiger partial charge in [-0.1, -0.05) is 19.3 Å². The fourth-order valence-electron chi connectivity index (χ4n) is 2.87. The molecule has 1 saturated carbocycles. The maximum absolute atomic E-state index is 12.2. The van der Waals surface area contributed by atoms with Gasteiger partial charge in [0.05, 0.1) is 20.0 Å². The van der Waals surface area contributed by atoms with Crippen molar-refractivity contribution in [1.82, 2.24) is 10.0 Å². The van der Waals surface area contributed by atoms with E-state index in [2.05, 4.69) is 10.0 Å². The maximum Gasteiger partial charge on any atom is 0.251 e. The van der Waals surface area contributed by atoms with Crippen LogP contribution in [0.4, 0.5) is 0 Å². The molecular weight excluding hydrogens is 344 g/mol. The lowest BCUT2D eigenvalue weighted by Gasteiger charge is -2.22. The van der Waals surface area contributed by atoms with E-state index in [-0.39, 0.29) is 24.2 Å². The van der Waals surface area contributed by atoms with E-state index in [0.29, 0.717) is 17.1 Å². The van der Waals surface area contributed by atoms with Gasteiger partial charge in [-0.25, -0.2) is 13.1 Å². The van der Waals surface area contributed by atoms with Crippen molar-refractivity contribution in [3.63, 3.8) is 0 Å². The largest absolute Gasteiger partial charge is 0.497 e. The van der Waals surface area contributed by atoms with Crippen LogP contribution in [0.5, 0.6) is 11.5 Å². The highest BCUT2D eigenvalue weighted by molar-refractivity contribution is 7.89. The van der Waals surface area contributed by atoms with Gasteiger partial charge in [-0.15, -0.1) is 0 Å². The lowest BCUT2D eigenvalue weighted by atomic mass is 9.96. The Hall–Kier alpha value is -1.80. The lowest BCUT2D eigenvalue weighted by molar-refractivity contribution is 0.0955. The first-order valence-electron chi connectivity index (χ1n) is 8.45. The van der Waals surface area contributed by atoms with E-state index in [0.717, 1.165) is 32.1 Å². The summed E-state index contributed by atoms with van der Waals surface area (Å²) in [7, 11) is -0.399. The van der Waals surface area contributed by atoms with Crippen molar-refractivity contribution in [1.29, 1.82) is 0 Å². The number of sulfonamides is 1. The summed E-state index contributed by atoms with van der Waals surface area (Å²) in [6.07, 6.45) is 5.05. The van der Waals surface area contributed by atoms with E-state index in [9.17, 15) is 13.2 Å². The van der Waals surface area contributed by atoms with Gasteiger partial charge < -0.3 is 14.8 Å². The van der Waals surface area contributed by atoms with Gasteiger partial charge >= 0.3 is 0 Å². The number of amides is 1. The molecule has 0 aliphatic heterocycles. The molecular formula is C17H26N2O5S. The molecule has 0 unspecified atom stereocenters. The van der Waals surface area contributed by atoms with Gasteiger partial charge in [0.25, 0.3) is 5.91 Å². The van der Waals surface area contributed by atoms with Crippen LogP contribution in [-0.2, 0) is 10.0 Å². The van der Waals surface area contributed by atoms with Crippen molar-refractivity contribution in [3.8, 4) is 11.5 Å². The smallest absolute Gasteiger partial charge is 0.251 e. The Morgan fingerprint density at radius 2 is 1.68 bits per heavy atom. The molecule has 25 heavy (non-hydrogen) atoms. The SMILES string of the molecule is COc1cc(OC)cc(C(=O)NCCS(=O)(=O)NC2CCCCC2)c1. The monoisotopic (exact) mass is 370 g/mol. The van der Waals surface area contributed by atoms with Crippen LogP contribution in [0.25, 0.3) is 0 Å². The quantitative estimate of drug-likeness (QED) is 0.726. The Balaban J connectivity index is 1.87. The molecule has 2 N–H and O–H groups in total. The van der Waals surface area contributed by atoms with Gasteiger partial charge in [0, 0.05) is 24.2 Å².